The maximum atomic E-state index is 12.1. The maximum Gasteiger partial charge on any atom is 0.223 e. The minimum atomic E-state index is -0.192. The average molecular weight is 253 g/mol. The number of carbonyl (C=O) groups is 1. The molecule has 2 N–H and O–H groups in total. The Morgan fingerprint density at radius 3 is 2.22 bits per heavy atom. The van der Waals surface area contributed by atoms with E-state index in [4.69, 9.17) is 0 Å². The molecule has 3 nitrogen and oxygen atoms in total. The monoisotopic (exact) mass is 253 g/mol. The molecule has 2 saturated carbocycles. The van der Waals surface area contributed by atoms with Crippen LogP contribution in [0, 0.1) is 11.8 Å². The fourth-order valence-corrected chi connectivity index (χ4v) is 3.35. The lowest BCUT2D eigenvalue weighted by Crippen LogP contribution is -2.36. The van der Waals surface area contributed by atoms with Crippen molar-refractivity contribution < 1.29 is 9.90 Å². The molecule has 18 heavy (non-hydrogen) atoms. The summed E-state index contributed by atoms with van der Waals surface area (Å²) in [5.74, 6) is 0.752. The van der Waals surface area contributed by atoms with Crippen LogP contribution in [0.4, 0.5) is 0 Å². The first kappa shape index (κ1) is 13.9. The quantitative estimate of drug-likeness (QED) is 0.812. The topological polar surface area (TPSA) is 49.3 Å². The second kappa shape index (κ2) is 7.13. The molecular formula is C15H27NO2. The molecule has 2 unspecified atom stereocenters. The van der Waals surface area contributed by atoms with Gasteiger partial charge >= 0.3 is 0 Å². The van der Waals surface area contributed by atoms with E-state index >= 15 is 0 Å². The minimum absolute atomic E-state index is 0.192. The summed E-state index contributed by atoms with van der Waals surface area (Å²) in [5, 5.41) is 12.8. The third-order valence-corrected chi connectivity index (χ3v) is 4.63. The summed E-state index contributed by atoms with van der Waals surface area (Å²) < 4.78 is 0. The Morgan fingerprint density at radius 1 is 0.944 bits per heavy atom. The van der Waals surface area contributed by atoms with E-state index in [9.17, 15) is 9.90 Å². The Morgan fingerprint density at radius 2 is 1.61 bits per heavy atom. The van der Waals surface area contributed by atoms with Crippen molar-refractivity contribution in [3.63, 3.8) is 0 Å². The predicted molar refractivity (Wildman–Crippen MR) is 72.2 cm³/mol. The number of aliphatic hydroxyl groups is 1. The second-order valence-corrected chi connectivity index (χ2v) is 6.05. The fourth-order valence-electron chi connectivity index (χ4n) is 3.35. The van der Waals surface area contributed by atoms with Gasteiger partial charge in [0.2, 0.25) is 5.91 Å². The molecule has 2 aliphatic carbocycles. The van der Waals surface area contributed by atoms with Crippen LogP contribution >= 0.6 is 0 Å². The standard InChI is InChI=1S/C15H27NO2/c17-14-10-6-9-13(14)11-16-15(18)12-7-4-2-1-3-5-8-12/h12-14,17H,1-11H2,(H,16,18). The normalized spacial score (nSPS) is 30.7. The molecule has 0 bridgehead atoms. The van der Waals surface area contributed by atoms with E-state index in [0.717, 1.165) is 32.1 Å². The molecule has 104 valence electrons. The van der Waals surface area contributed by atoms with Crippen LogP contribution in [0.2, 0.25) is 0 Å². The van der Waals surface area contributed by atoms with E-state index < -0.39 is 0 Å². The van der Waals surface area contributed by atoms with Gasteiger partial charge in [-0.2, -0.15) is 0 Å². The largest absolute Gasteiger partial charge is 0.393 e. The van der Waals surface area contributed by atoms with Crippen LogP contribution in [0.25, 0.3) is 0 Å². The molecule has 0 aromatic carbocycles. The van der Waals surface area contributed by atoms with Crippen molar-refractivity contribution in [1.29, 1.82) is 0 Å². The Hall–Kier alpha value is -0.570. The van der Waals surface area contributed by atoms with E-state index in [1.54, 1.807) is 0 Å². The van der Waals surface area contributed by atoms with Crippen LogP contribution < -0.4 is 5.32 Å². The number of rotatable bonds is 3. The minimum Gasteiger partial charge on any atom is -0.393 e. The molecule has 2 atom stereocenters. The van der Waals surface area contributed by atoms with Crippen molar-refractivity contribution in [3.05, 3.63) is 0 Å². The molecule has 2 fully saturated rings. The molecule has 0 aromatic rings. The highest BCUT2D eigenvalue weighted by atomic mass is 16.3. The van der Waals surface area contributed by atoms with E-state index in [2.05, 4.69) is 5.32 Å². The van der Waals surface area contributed by atoms with Gasteiger partial charge in [0.25, 0.3) is 0 Å². The van der Waals surface area contributed by atoms with Crippen molar-refractivity contribution in [2.75, 3.05) is 6.54 Å². The summed E-state index contributed by atoms with van der Waals surface area (Å²) in [5.41, 5.74) is 0. The van der Waals surface area contributed by atoms with E-state index in [1.807, 2.05) is 0 Å². The molecular weight excluding hydrogens is 226 g/mol. The molecule has 3 heteroatoms. The molecule has 0 radical (unpaired) electrons. The molecule has 1 amide bonds. The van der Waals surface area contributed by atoms with Crippen LogP contribution in [-0.4, -0.2) is 23.7 Å². The van der Waals surface area contributed by atoms with Crippen molar-refractivity contribution >= 4 is 5.91 Å². The first-order valence-electron chi connectivity index (χ1n) is 7.73. The Bertz CT molecular complexity index is 259. The van der Waals surface area contributed by atoms with Gasteiger partial charge in [-0.25, -0.2) is 0 Å². The van der Waals surface area contributed by atoms with Crippen molar-refractivity contribution in [2.45, 2.75) is 70.3 Å². The van der Waals surface area contributed by atoms with E-state index in [0.29, 0.717) is 12.5 Å². The average Bonchev–Trinajstić information content (AvgIpc) is 2.71. The van der Waals surface area contributed by atoms with Gasteiger partial charge in [0, 0.05) is 18.4 Å². The van der Waals surface area contributed by atoms with Gasteiger partial charge in [0.1, 0.15) is 0 Å². The summed E-state index contributed by atoms with van der Waals surface area (Å²) in [6, 6.07) is 0. The zero-order valence-electron chi connectivity index (χ0n) is 11.4. The zero-order valence-corrected chi connectivity index (χ0v) is 11.4. The summed E-state index contributed by atoms with van der Waals surface area (Å²) in [6.45, 7) is 0.677. The molecule has 0 heterocycles. The van der Waals surface area contributed by atoms with E-state index in [1.165, 1.54) is 32.1 Å². The SMILES string of the molecule is O=C(NCC1CCCC1O)C1CCCCCCC1. The third kappa shape index (κ3) is 3.98. The Balaban J connectivity index is 1.72. The first-order valence-corrected chi connectivity index (χ1v) is 7.73. The smallest absolute Gasteiger partial charge is 0.223 e. The summed E-state index contributed by atoms with van der Waals surface area (Å²) in [6.07, 6.45) is 11.3. The zero-order chi connectivity index (χ0) is 12.8. The van der Waals surface area contributed by atoms with Crippen molar-refractivity contribution in [3.8, 4) is 0 Å². The lowest BCUT2D eigenvalue weighted by molar-refractivity contribution is -0.125. The van der Waals surface area contributed by atoms with Crippen LogP contribution in [0.1, 0.15) is 64.2 Å². The predicted octanol–water partition coefficient (Wildman–Crippen LogP) is 2.62. The lowest BCUT2D eigenvalue weighted by Gasteiger charge is -2.21. The van der Waals surface area contributed by atoms with Crippen LogP contribution in [0.5, 0.6) is 0 Å². The molecule has 2 rings (SSSR count). The number of nitrogens with one attached hydrogen (secondary N) is 1. The molecule has 0 aliphatic heterocycles. The number of carbonyl (C=O) groups excluding carboxylic acids is 1. The van der Waals surface area contributed by atoms with Gasteiger partial charge in [-0.05, 0) is 25.7 Å². The van der Waals surface area contributed by atoms with E-state index in [-0.39, 0.29) is 17.9 Å². The number of hydrogen-bond acceptors (Lipinski definition) is 2. The summed E-state index contributed by atoms with van der Waals surface area (Å²) in [7, 11) is 0. The molecule has 0 aromatic heterocycles. The highest BCUT2D eigenvalue weighted by Gasteiger charge is 2.26. The number of amides is 1. The summed E-state index contributed by atoms with van der Waals surface area (Å²) >= 11 is 0. The fraction of sp³-hybridized carbons (Fsp3) is 0.933. The Labute approximate surface area is 110 Å². The Kier molecular flexibility index (Phi) is 5.48. The molecule has 2 aliphatic rings. The van der Waals surface area contributed by atoms with Crippen molar-refractivity contribution in [2.24, 2.45) is 11.8 Å². The van der Waals surface area contributed by atoms with Gasteiger partial charge in [-0.3, -0.25) is 4.79 Å². The van der Waals surface area contributed by atoms with Crippen molar-refractivity contribution in [1.82, 2.24) is 5.32 Å². The second-order valence-electron chi connectivity index (χ2n) is 6.05. The van der Waals surface area contributed by atoms with Gasteiger partial charge < -0.3 is 10.4 Å². The maximum absolute atomic E-state index is 12.1. The molecule has 0 saturated heterocycles. The van der Waals surface area contributed by atoms with Gasteiger partial charge in [0.15, 0.2) is 0 Å². The van der Waals surface area contributed by atoms with Gasteiger partial charge in [-0.1, -0.05) is 38.5 Å². The van der Waals surface area contributed by atoms with Gasteiger partial charge in [-0.15, -0.1) is 0 Å². The lowest BCUT2D eigenvalue weighted by atomic mass is 9.90. The highest BCUT2D eigenvalue weighted by molar-refractivity contribution is 5.78. The van der Waals surface area contributed by atoms with Crippen LogP contribution in [-0.2, 0) is 4.79 Å². The van der Waals surface area contributed by atoms with Crippen LogP contribution in [0.3, 0.4) is 0 Å². The number of aliphatic hydroxyl groups excluding tert-OH is 1. The van der Waals surface area contributed by atoms with Crippen LogP contribution in [0.15, 0.2) is 0 Å². The molecule has 0 spiro atoms. The number of hydrogen-bond donors (Lipinski definition) is 2. The summed E-state index contributed by atoms with van der Waals surface area (Å²) in [4.78, 5) is 12.1. The highest BCUT2D eigenvalue weighted by Crippen LogP contribution is 2.26. The first-order chi connectivity index (χ1) is 8.77. The van der Waals surface area contributed by atoms with Gasteiger partial charge in [0.05, 0.1) is 6.10 Å². The third-order valence-electron chi connectivity index (χ3n) is 4.63.